The van der Waals surface area contributed by atoms with Crippen molar-refractivity contribution in [3.63, 3.8) is 0 Å². The van der Waals surface area contributed by atoms with Crippen LogP contribution in [0.5, 0.6) is 0 Å². The van der Waals surface area contributed by atoms with Gasteiger partial charge in [0.15, 0.2) is 0 Å². The van der Waals surface area contributed by atoms with Crippen molar-refractivity contribution in [3.8, 4) is 0 Å². The Labute approximate surface area is 120 Å². The summed E-state index contributed by atoms with van der Waals surface area (Å²) < 4.78 is 12.0. The van der Waals surface area contributed by atoms with Gasteiger partial charge in [0.05, 0.1) is 6.04 Å². The lowest BCUT2D eigenvalue weighted by molar-refractivity contribution is -0.118. The minimum Gasteiger partial charge on any atom is -0.298 e. The van der Waals surface area contributed by atoms with E-state index in [1.807, 2.05) is 13.8 Å². The number of hydrogen-bond acceptors (Lipinski definition) is 4. The molecule has 0 radical (unpaired) electrons. The van der Waals surface area contributed by atoms with E-state index in [9.17, 15) is 9.00 Å². The van der Waals surface area contributed by atoms with Crippen LogP contribution >= 0.6 is 0 Å². The molecule has 4 nitrogen and oxygen atoms in total. The van der Waals surface area contributed by atoms with Gasteiger partial charge in [0.1, 0.15) is 5.78 Å². The molecule has 2 atom stereocenters. The van der Waals surface area contributed by atoms with Crippen molar-refractivity contribution in [2.45, 2.75) is 58.9 Å². The number of rotatable bonds is 7. The smallest absolute Gasteiger partial charge is 0.148 e. The Morgan fingerprint density at radius 1 is 1.26 bits per heavy atom. The minimum absolute atomic E-state index is 0.0383. The lowest BCUT2D eigenvalue weighted by Crippen LogP contribution is -2.46. The van der Waals surface area contributed by atoms with Crippen LogP contribution in [0.3, 0.4) is 0 Å². The molecular weight excluding hydrogens is 260 g/mol. The molecule has 0 aromatic heterocycles. The summed E-state index contributed by atoms with van der Waals surface area (Å²) >= 11 is 0. The molecule has 0 aromatic rings. The van der Waals surface area contributed by atoms with Gasteiger partial charge in [0.25, 0.3) is 0 Å². The summed E-state index contributed by atoms with van der Waals surface area (Å²) in [6.07, 6.45) is 6.27. The Morgan fingerprint density at radius 2 is 1.84 bits per heavy atom. The molecule has 1 fully saturated rings. The van der Waals surface area contributed by atoms with Gasteiger partial charge in [-0.25, -0.2) is 5.43 Å². The van der Waals surface area contributed by atoms with Crippen LogP contribution in [0.15, 0.2) is 0 Å². The van der Waals surface area contributed by atoms with Crippen molar-refractivity contribution in [2.75, 3.05) is 18.6 Å². The van der Waals surface area contributed by atoms with E-state index in [2.05, 4.69) is 10.9 Å². The normalized spacial score (nSPS) is 19.2. The van der Waals surface area contributed by atoms with Crippen LogP contribution in [-0.2, 0) is 15.6 Å². The van der Waals surface area contributed by atoms with Gasteiger partial charge in [0.2, 0.25) is 0 Å². The third-order valence-electron chi connectivity index (χ3n) is 3.31. The highest BCUT2D eigenvalue weighted by molar-refractivity contribution is 7.85. The quantitative estimate of drug-likeness (QED) is 0.704. The molecule has 0 aliphatic heterocycles. The monoisotopic (exact) mass is 290 g/mol. The molecule has 114 valence electrons. The number of ketones is 1. The minimum atomic E-state index is -0.893. The molecule has 0 aromatic carbocycles. The molecule has 0 spiro atoms. The third kappa shape index (κ3) is 8.50. The molecule has 1 aliphatic rings. The van der Waals surface area contributed by atoms with Crippen LogP contribution in [0.25, 0.3) is 0 Å². The Hall–Kier alpha value is -0.260. The highest BCUT2D eigenvalue weighted by Crippen LogP contribution is 2.24. The van der Waals surface area contributed by atoms with E-state index in [1.54, 1.807) is 7.05 Å². The average Bonchev–Trinajstić information content (AvgIpc) is 2.41. The zero-order valence-corrected chi connectivity index (χ0v) is 13.6. The van der Waals surface area contributed by atoms with Crippen molar-refractivity contribution in [1.29, 1.82) is 0 Å². The first-order valence-corrected chi connectivity index (χ1v) is 8.90. The van der Waals surface area contributed by atoms with Crippen LogP contribution < -0.4 is 10.9 Å². The summed E-state index contributed by atoms with van der Waals surface area (Å²) in [4.78, 5) is 11.3. The summed E-state index contributed by atoms with van der Waals surface area (Å²) in [5.41, 5.74) is 5.61. The van der Waals surface area contributed by atoms with Crippen LogP contribution in [0.4, 0.5) is 0 Å². The first-order chi connectivity index (χ1) is 9.13. The fourth-order valence-corrected chi connectivity index (χ4v) is 3.99. The van der Waals surface area contributed by atoms with E-state index in [4.69, 9.17) is 0 Å². The van der Waals surface area contributed by atoms with Gasteiger partial charge in [-0.2, -0.15) is 0 Å². The molecule has 0 saturated heterocycles. The van der Waals surface area contributed by atoms with Crippen LogP contribution in [0.2, 0.25) is 0 Å². The zero-order chi connectivity index (χ0) is 14.7. The maximum Gasteiger partial charge on any atom is 0.148 e. The molecule has 0 amide bonds. The van der Waals surface area contributed by atoms with E-state index in [0.29, 0.717) is 11.7 Å². The molecule has 1 aliphatic carbocycles. The number of carbonyl (C=O) groups excluding carboxylic acids is 1. The standard InChI is InChI=1S/C12H24N2O2S.C2H6/c1-10(15)12(14-13-2)9-17(16)8-11-6-4-3-5-7-11;1-2/h11-14H,3-9H2,1-2H3;1-2H3. The highest BCUT2D eigenvalue weighted by Gasteiger charge is 2.20. The highest BCUT2D eigenvalue weighted by atomic mass is 32.2. The summed E-state index contributed by atoms with van der Waals surface area (Å²) in [6, 6.07) is -0.329. The molecule has 19 heavy (non-hydrogen) atoms. The lowest BCUT2D eigenvalue weighted by Gasteiger charge is -2.22. The van der Waals surface area contributed by atoms with E-state index in [1.165, 1.54) is 39.0 Å². The molecular formula is C14H30N2O2S. The predicted molar refractivity (Wildman–Crippen MR) is 82.5 cm³/mol. The van der Waals surface area contributed by atoms with Gasteiger partial charge in [-0.15, -0.1) is 0 Å². The number of hydrogen-bond donors (Lipinski definition) is 2. The Morgan fingerprint density at radius 3 is 2.32 bits per heavy atom. The summed E-state index contributed by atoms with van der Waals surface area (Å²) in [5, 5.41) is 0. The predicted octanol–water partition coefficient (Wildman–Crippen LogP) is 2.02. The largest absolute Gasteiger partial charge is 0.298 e. The van der Waals surface area contributed by atoms with E-state index < -0.39 is 10.8 Å². The second-order valence-electron chi connectivity index (χ2n) is 4.83. The SMILES string of the molecule is CC.CNNC(CS(=O)CC1CCCCC1)C(C)=O. The molecule has 2 unspecified atom stereocenters. The van der Waals surface area contributed by atoms with Gasteiger partial charge >= 0.3 is 0 Å². The zero-order valence-electron chi connectivity index (χ0n) is 12.8. The molecule has 2 N–H and O–H groups in total. The first-order valence-electron chi connectivity index (χ1n) is 7.41. The van der Waals surface area contributed by atoms with E-state index >= 15 is 0 Å². The van der Waals surface area contributed by atoms with Gasteiger partial charge in [0, 0.05) is 22.3 Å². The van der Waals surface area contributed by atoms with Gasteiger partial charge in [-0.3, -0.25) is 14.4 Å². The number of nitrogens with one attached hydrogen (secondary N) is 2. The molecule has 5 heteroatoms. The van der Waals surface area contributed by atoms with Crippen molar-refractivity contribution in [3.05, 3.63) is 0 Å². The van der Waals surface area contributed by atoms with E-state index in [-0.39, 0.29) is 11.8 Å². The van der Waals surface area contributed by atoms with Crippen LogP contribution in [-0.4, -0.2) is 34.6 Å². The first kappa shape index (κ1) is 18.7. The number of Topliss-reactive ketones (excluding diaryl/α,β-unsaturated/α-hetero) is 1. The Balaban J connectivity index is 0.00000154. The second-order valence-corrected chi connectivity index (χ2v) is 6.38. The lowest BCUT2D eigenvalue weighted by atomic mass is 9.91. The fraction of sp³-hybridized carbons (Fsp3) is 0.929. The van der Waals surface area contributed by atoms with Crippen molar-refractivity contribution >= 4 is 16.6 Å². The maximum atomic E-state index is 12.0. The topological polar surface area (TPSA) is 58.2 Å². The second kappa shape index (κ2) is 11.6. The molecule has 0 heterocycles. The third-order valence-corrected chi connectivity index (χ3v) is 4.86. The van der Waals surface area contributed by atoms with Crippen molar-refractivity contribution in [2.24, 2.45) is 5.92 Å². The number of carbonyl (C=O) groups is 1. The molecule has 1 saturated carbocycles. The van der Waals surface area contributed by atoms with E-state index in [0.717, 1.165) is 5.75 Å². The van der Waals surface area contributed by atoms with Crippen LogP contribution in [0.1, 0.15) is 52.9 Å². The Kier molecular flexibility index (Phi) is 11.4. The van der Waals surface area contributed by atoms with Gasteiger partial charge < -0.3 is 0 Å². The van der Waals surface area contributed by atoms with Crippen molar-refractivity contribution < 1.29 is 9.00 Å². The average molecular weight is 290 g/mol. The number of hydrazine groups is 1. The summed E-state index contributed by atoms with van der Waals surface area (Å²) in [7, 11) is 0.829. The van der Waals surface area contributed by atoms with Gasteiger partial charge in [-0.1, -0.05) is 33.1 Å². The summed E-state index contributed by atoms with van der Waals surface area (Å²) in [6.45, 7) is 5.53. The van der Waals surface area contributed by atoms with Crippen molar-refractivity contribution in [1.82, 2.24) is 10.9 Å². The summed E-state index contributed by atoms with van der Waals surface area (Å²) in [5.74, 6) is 1.82. The Bertz CT molecular complexity index is 266. The maximum absolute atomic E-state index is 12.0. The fourth-order valence-electron chi connectivity index (χ4n) is 2.31. The van der Waals surface area contributed by atoms with Gasteiger partial charge in [-0.05, 0) is 32.7 Å². The van der Waals surface area contributed by atoms with Crippen LogP contribution in [0, 0.1) is 5.92 Å². The molecule has 1 rings (SSSR count). The molecule has 0 bridgehead atoms.